The van der Waals surface area contributed by atoms with Crippen LogP contribution in [0, 0.1) is 0 Å². The lowest BCUT2D eigenvalue weighted by Gasteiger charge is -2.35. The number of carbonyl (C=O) groups excluding carboxylic acids is 2. The van der Waals surface area contributed by atoms with Crippen LogP contribution < -0.4 is 26.6 Å². The van der Waals surface area contributed by atoms with Gasteiger partial charge in [-0.25, -0.2) is 19.9 Å². The van der Waals surface area contributed by atoms with Gasteiger partial charge in [-0.3, -0.25) is 14.5 Å². The van der Waals surface area contributed by atoms with E-state index >= 15 is 0 Å². The van der Waals surface area contributed by atoms with Crippen LogP contribution >= 0.6 is 34.3 Å². The van der Waals surface area contributed by atoms with Crippen LogP contribution in [-0.4, -0.2) is 99.4 Å². The maximum Gasteiger partial charge on any atom is 0.235 e. The number of nitrogens with zero attached hydrogens (tertiary/aromatic N) is 5. The summed E-state index contributed by atoms with van der Waals surface area (Å²) in [6.45, 7) is 8.27. The van der Waals surface area contributed by atoms with E-state index in [9.17, 15) is 9.59 Å². The highest BCUT2D eigenvalue weighted by Crippen LogP contribution is 2.41. The zero-order valence-corrected chi connectivity index (χ0v) is 37.1. The number of fused-ring (bicyclic) bond motifs is 6. The Labute approximate surface area is 351 Å². The number of aryl methyl sites for hydroxylation is 4. The number of hydrogen-bond donors (Lipinski definition) is 5. The molecule has 8 rings (SSSR count). The Kier molecular flexibility index (Phi) is 15.8. The molecular formula is C42H63ClN10O2S2. The number of rotatable bonds is 11. The molecule has 4 heterocycles. The third-order valence-corrected chi connectivity index (χ3v) is 14.2. The average molecular weight is 840 g/mol. The SMILES string of the molecule is CC(C)NC(=O)CCl.CC(C)NC(=O)CN(C)C1CCC(Nc2ncnc3sc4c(c23)CCC4)CC1.CNC1CCC(Nc2ncnc3sc4c(c23)CCC4)CC1. The molecule has 12 nitrogen and oxygen atoms in total. The van der Waals surface area contributed by atoms with Crippen LogP contribution in [0.4, 0.5) is 11.6 Å². The van der Waals surface area contributed by atoms with Gasteiger partial charge in [-0.15, -0.1) is 34.3 Å². The van der Waals surface area contributed by atoms with E-state index in [0.29, 0.717) is 30.7 Å². The van der Waals surface area contributed by atoms with Gasteiger partial charge in [0.1, 0.15) is 39.8 Å². The second kappa shape index (κ2) is 20.7. The predicted molar refractivity (Wildman–Crippen MR) is 237 cm³/mol. The van der Waals surface area contributed by atoms with Gasteiger partial charge in [-0.2, -0.15) is 0 Å². The molecule has 0 aromatic carbocycles. The molecule has 0 atom stereocenters. The molecule has 0 radical (unpaired) electrons. The van der Waals surface area contributed by atoms with Gasteiger partial charge >= 0.3 is 0 Å². The van der Waals surface area contributed by atoms with Gasteiger partial charge in [0, 0.05) is 46.0 Å². The van der Waals surface area contributed by atoms with Crippen LogP contribution in [0.5, 0.6) is 0 Å². The summed E-state index contributed by atoms with van der Waals surface area (Å²) in [5, 5.41) is 19.0. The first-order valence-electron chi connectivity index (χ1n) is 21.1. The molecule has 57 heavy (non-hydrogen) atoms. The molecule has 0 spiro atoms. The molecule has 4 aliphatic rings. The molecule has 15 heteroatoms. The molecule has 2 saturated carbocycles. The first kappa shape index (κ1) is 43.4. The zero-order valence-electron chi connectivity index (χ0n) is 34.7. The van der Waals surface area contributed by atoms with Crippen LogP contribution in [0.15, 0.2) is 12.7 Å². The molecular weight excluding hydrogens is 776 g/mol. The number of anilines is 2. The highest BCUT2D eigenvalue weighted by atomic mass is 35.5. The van der Waals surface area contributed by atoms with Crippen molar-refractivity contribution in [1.29, 1.82) is 0 Å². The molecule has 4 aromatic rings. The Morgan fingerprint density at radius 2 is 1.16 bits per heavy atom. The van der Waals surface area contributed by atoms with Crippen LogP contribution in [0.3, 0.4) is 0 Å². The summed E-state index contributed by atoms with van der Waals surface area (Å²) in [6, 6.07) is 2.57. The number of likely N-dealkylation sites (N-methyl/N-ethyl adjacent to an activating group) is 1. The fourth-order valence-corrected chi connectivity index (χ4v) is 11.3. The lowest BCUT2D eigenvalue weighted by molar-refractivity contribution is -0.123. The summed E-state index contributed by atoms with van der Waals surface area (Å²) in [6.07, 6.45) is 20.1. The van der Waals surface area contributed by atoms with Crippen LogP contribution in [-0.2, 0) is 35.3 Å². The summed E-state index contributed by atoms with van der Waals surface area (Å²) in [4.78, 5) is 48.1. The number of halogens is 1. The summed E-state index contributed by atoms with van der Waals surface area (Å²) in [5.74, 6) is 2.16. The molecule has 4 aliphatic carbocycles. The fraction of sp³-hybridized carbons (Fsp3) is 0.667. The first-order valence-corrected chi connectivity index (χ1v) is 23.2. The number of amides is 2. The number of aromatic nitrogens is 4. The van der Waals surface area contributed by atoms with Crippen molar-refractivity contribution in [2.24, 2.45) is 0 Å². The number of nitrogens with one attached hydrogen (secondary N) is 5. The van der Waals surface area contributed by atoms with Crippen molar-refractivity contribution in [1.82, 2.24) is 40.8 Å². The molecule has 0 aliphatic heterocycles. The summed E-state index contributed by atoms with van der Waals surface area (Å²) in [7, 11) is 4.14. The maximum atomic E-state index is 12.0. The molecule has 312 valence electrons. The normalized spacial score (nSPS) is 21.4. The minimum Gasteiger partial charge on any atom is -0.367 e. The third-order valence-electron chi connectivity index (χ3n) is 11.6. The van der Waals surface area contributed by atoms with Gasteiger partial charge in [0.2, 0.25) is 11.8 Å². The molecule has 0 unspecified atom stereocenters. The average Bonchev–Trinajstić information content (AvgIpc) is 3.98. The second-order valence-corrected chi connectivity index (χ2v) is 19.1. The van der Waals surface area contributed by atoms with Crippen LogP contribution in [0.25, 0.3) is 20.4 Å². The Morgan fingerprint density at radius 1 is 0.702 bits per heavy atom. The van der Waals surface area contributed by atoms with Crippen LogP contribution in [0.2, 0.25) is 0 Å². The Hall–Kier alpha value is -3.17. The fourth-order valence-electron chi connectivity index (χ4n) is 8.73. The lowest BCUT2D eigenvalue weighted by atomic mass is 9.90. The van der Waals surface area contributed by atoms with E-state index in [2.05, 4.69) is 65.5 Å². The number of carbonyl (C=O) groups is 2. The van der Waals surface area contributed by atoms with Gasteiger partial charge < -0.3 is 26.6 Å². The van der Waals surface area contributed by atoms with E-state index in [1.165, 1.54) is 94.3 Å². The maximum absolute atomic E-state index is 12.0. The Morgan fingerprint density at radius 3 is 1.60 bits per heavy atom. The van der Waals surface area contributed by atoms with Crippen molar-refractivity contribution in [2.75, 3.05) is 37.2 Å². The van der Waals surface area contributed by atoms with E-state index in [1.807, 2.05) is 50.4 Å². The third kappa shape index (κ3) is 11.5. The van der Waals surface area contributed by atoms with E-state index in [0.717, 1.165) is 48.6 Å². The summed E-state index contributed by atoms with van der Waals surface area (Å²) in [5.41, 5.74) is 3.00. The molecule has 2 fully saturated rings. The van der Waals surface area contributed by atoms with Crippen molar-refractivity contribution >= 4 is 78.2 Å². The smallest absolute Gasteiger partial charge is 0.235 e. The highest BCUT2D eigenvalue weighted by Gasteiger charge is 2.28. The van der Waals surface area contributed by atoms with E-state index < -0.39 is 0 Å². The minimum absolute atomic E-state index is 0.0537. The molecule has 4 aromatic heterocycles. The Bertz CT molecular complexity index is 1930. The van der Waals surface area contributed by atoms with Crippen molar-refractivity contribution < 1.29 is 9.59 Å². The number of hydrogen-bond acceptors (Lipinski definition) is 12. The van der Waals surface area contributed by atoms with Gasteiger partial charge in [0.25, 0.3) is 0 Å². The minimum atomic E-state index is -0.110. The topological polar surface area (TPSA) is 149 Å². The Balaban J connectivity index is 0.000000166. The van der Waals surface area contributed by atoms with Gasteiger partial charge in [-0.1, -0.05) is 0 Å². The second-order valence-electron chi connectivity index (χ2n) is 16.6. The molecule has 0 bridgehead atoms. The lowest BCUT2D eigenvalue weighted by Crippen LogP contribution is -2.44. The predicted octanol–water partition coefficient (Wildman–Crippen LogP) is 7.23. The molecule has 2 amide bonds. The van der Waals surface area contributed by atoms with Crippen molar-refractivity contribution in [3.63, 3.8) is 0 Å². The van der Waals surface area contributed by atoms with Crippen molar-refractivity contribution in [3.05, 3.63) is 33.5 Å². The number of thiophene rings is 2. The van der Waals surface area contributed by atoms with E-state index in [-0.39, 0.29) is 29.8 Å². The van der Waals surface area contributed by atoms with E-state index in [1.54, 1.807) is 12.7 Å². The molecule has 0 saturated heterocycles. The first-order chi connectivity index (χ1) is 27.5. The van der Waals surface area contributed by atoms with Crippen molar-refractivity contribution in [2.45, 2.75) is 154 Å². The van der Waals surface area contributed by atoms with Crippen molar-refractivity contribution in [3.8, 4) is 0 Å². The van der Waals surface area contributed by atoms with Gasteiger partial charge in [-0.05, 0) is 143 Å². The zero-order chi connectivity index (χ0) is 40.5. The van der Waals surface area contributed by atoms with E-state index in [4.69, 9.17) is 11.6 Å². The van der Waals surface area contributed by atoms with Gasteiger partial charge in [0.15, 0.2) is 0 Å². The quantitative estimate of drug-likeness (QED) is 0.0980. The molecule has 5 N–H and O–H groups in total. The highest BCUT2D eigenvalue weighted by molar-refractivity contribution is 7.19. The summed E-state index contributed by atoms with van der Waals surface area (Å²) >= 11 is 8.89. The van der Waals surface area contributed by atoms with Crippen LogP contribution in [0.1, 0.15) is 113 Å². The largest absolute Gasteiger partial charge is 0.367 e. The number of alkyl halides is 1. The standard InChI is InChI=1S/C21H31N5OS.C16H22N4S.C5H10ClNO/c1-13(2)24-18(27)11-26(3)15-9-7-14(8-10-15)25-20-19-16-5-4-6-17(16)28-21(19)23-12-22-20;1-17-10-5-7-11(8-6-10)20-15-14-12-3-2-4-13(12)21-16(14)19-9-18-15;1-4(2)7-5(8)3-6/h12-15H,4-11H2,1-3H3,(H,24,27)(H,22,23,25);9-11,17H,2-8H2,1H3,(H,18,19,20);4H,3H2,1-2H3,(H,7,8). The summed E-state index contributed by atoms with van der Waals surface area (Å²) < 4.78 is 0. The van der Waals surface area contributed by atoms with Gasteiger partial charge in [0.05, 0.1) is 17.3 Å². The monoisotopic (exact) mass is 838 g/mol.